The van der Waals surface area contributed by atoms with E-state index in [0.717, 1.165) is 5.56 Å². The molecule has 2 saturated heterocycles. The minimum absolute atomic E-state index is 0.0890. The van der Waals surface area contributed by atoms with E-state index >= 15 is 0 Å². The molecule has 1 aromatic rings. The van der Waals surface area contributed by atoms with Gasteiger partial charge in [-0.2, -0.15) is 0 Å². The average Bonchev–Trinajstić information content (AvgIpc) is 2.77. The summed E-state index contributed by atoms with van der Waals surface area (Å²) in [5.74, 6) is 0. The number of rotatable bonds is 7. The number of hydrogen-bond acceptors (Lipinski definition) is 11. The van der Waals surface area contributed by atoms with Gasteiger partial charge in [0, 0.05) is 0 Å². The first-order valence-corrected chi connectivity index (χ1v) is 9.61. The Morgan fingerprint density at radius 1 is 0.700 bits per heavy atom. The van der Waals surface area contributed by atoms with E-state index in [4.69, 9.17) is 18.9 Å². The van der Waals surface area contributed by atoms with Gasteiger partial charge in [-0.15, -0.1) is 0 Å². The lowest BCUT2D eigenvalue weighted by Gasteiger charge is -2.45. The topological polar surface area (TPSA) is 179 Å². The second-order valence-electron chi connectivity index (χ2n) is 7.30. The molecule has 0 bridgehead atoms. The Balaban J connectivity index is 1.66. The number of hydrogen-bond donors (Lipinski definition) is 7. The molecule has 0 aromatic heterocycles. The van der Waals surface area contributed by atoms with Gasteiger partial charge < -0.3 is 54.7 Å². The maximum Gasteiger partial charge on any atom is 0.187 e. The first-order valence-electron chi connectivity index (χ1n) is 9.61. The van der Waals surface area contributed by atoms with Gasteiger partial charge in [-0.25, -0.2) is 0 Å². The van der Waals surface area contributed by atoms with Crippen molar-refractivity contribution in [2.24, 2.45) is 0 Å². The molecule has 11 heteroatoms. The van der Waals surface area contributed by atoms with Crippen LogP contribution in [-0.4, -0.2) is 110 Å². The summed E-state index contributed by atoms with van der Waals surface area (Å²) in [7, 11) is 0. The van der Waals surface area contributed by atoms with Crippen LogP contribution in [0.4, 0.5) is 0 Å². The molecular weight excluding hydrogens is 404 g/mol. The summed E-state index contributed by atoms with van der Waals surface area (Å²) in [5, 5.41) is 69.7. The van der Waals surface area contributed by atoms with E-state index in [1.54, 1.807) is 12.1 Å². The third kappa shape index (κ3) is 4.98. The van der Waals surface area contributed by atoms with E-state index in [1.807, 2.05) is 18.2 Å². The molecule has 2 heterocycles. The van der Waals surface area contributed by atoms with Crippen molar-refractivity contribution in [2.45, 2.75) is 68.0 Å². The van der Waals surface area contributed by atoms with Crippen molar-refractivity contribution in [1.29, 1.82) is 0 Å². The van der Waals surface area contributed by atoms with Crippen molar-refractivity contribution in [3.8, 4) is 0 Å². The molecule has 10 atom stereocenters. The maximum atomic E-state index is 10.5. The molecule has 7 N–H and O–H groups in total. The number of ether oxygens (including phenoxy) is 4. The van der Waals surface area contributed by atoms with Crippen LogP contribution in [0.1, 0.15) is 5.56 Å². The SMILES string of the molecule is OC[C@H]1O[C@H](O[C@H]2[C@H](O)[C@@H](O)[C@H](OCc3ccccc3)O[C@@H]2CO)[C@H](O)[C@@H](O)[C@H]1O. The van der Waals surface area contributed by atoms with Crippen LogP contribution in [0.2, 0.25) is 0 Å². The van der Waals surface area contributed by atoms with Gasteiger partial charge in [0.15, 0.2) is 12.6 Å². The lowest BCUT2D eigenvalue weighted by atomic mass is 9.97. The Kier molecular flexibility index (Phi) is 8.12. The van der Waals surface area contributed by atoms with Crippen LogP contribution in [0.5, 0.6) is 0 Å². The van der Waals surface area contributed by atoms with Gasteiger partial charge >= 0.3 is 0 Å². The predicted octanol–water partition coefficient (Wildman–Crippen LogP) is -3.17. The third-order valence-electron chi connectivity index (χ3n) is 5.22. The summed E-state index contributed by atoms with van der Waals surface area (Å²) in [4.78, 5) is 0. The normalized spacial score (nSPS) is 42.2. The molecule has 0 amide bonds. The predicted molar refractivity (Wildman–Crippen MR) is 97.6 cm³/mol. The van der Waals surface area contributed by atoms with Crippen molar-refractivity contribution in [3.63, 3.8) is 0 Å². The summed E-state index contributed by atoms with van der Waals surface area (Å²) in [6, 6.07) is 9.07. The maximum absolute atomic E-state index is 10.5. The number of aliphatic hydroxyl groups is 7. The highest BCUT2D eigenvalue weighted by Gasteiger charge is 2.50. The second kappa shape index (κ2) is 10.4. The molecule has 2 aliphatic heterocycles. The second-order valence-corrected chi connectivity index (χ2v) is 7.30. The van der Waals surface area contributed by atoms with Crippen molar-refractivity contribution in [1.82, 2.24) is 0 Å². The van der Waals surface area contributed by atoms with Gasteiger partial charge in [-0.05, 0) is 5.56 Å². The zero-order chi connectivity index (χ0) is 21.8. The Hall–Kier alpha value is -1.22. The van der Waals surface area contributed by atoms with Crippen molar-refractivity contribution >= 4 is 0 Å². The molecule has 0 unspecified atom stereocenters. The van der Waals surface area contributed by atoms with E-state index < -0.39 is 74.6 Å². The summed E-state index contributed by atoms with van der Waals surface area (Å²) >= 11 is 0. The lowest BCUT2D eigenvalue weighted by Crippen LogP contribution is -2.64. The van der Waals surface area contributed by atoms with Gasteiger partial charge in [-0.3, -0.25) is 0 Å². The highest BCUT2D eigenvalue weighted by molar-refractivity contribution is 5.13. The molecule has 30 heavy (non-hydrogen) atoms. The number of aliphatic hydroxyl groups excluding tert-OH is 7. The number of benzene rings is 1. The minimum Gasteiger partial charge on any atom is -0.394 e. The summed E-state index contributed by atoms with van der Waals surface area (Å²) < 4.78 is 21.8. The average molecular weight is 432 g/mol. The fourth-order valence-corrected chi connectivity index (χ4v) is 3.45. The first kappa shape index (κ1) is 23.4. The quantitative estimate of drug-likeness (QED) is 0.231. The van der Waals surface area contributed by atoms with Gasteiger partial charge in [0.2, 0.25) is 0 Å². The molecule has 11 nitrogen and oxygen atoms in total. The Morgan fingerprint density at radius 2 is 1.30 bits per heavy atom. The Labute approximate surface area is 172 Å². The van der Waals surface area contributed by atoms with E-state index in [9.17, 15) is 35.7 Å². The molecule has 1 aromatic carbocycles. The molecule has 0 radical (unpaired) electrons. The van der Waals surface area contributed by atoms with E-state index in [1.165, 1.54) is 0 Å². The van der Waals surface area contributed by atoms with Crippen LogP contribution in [0.25, 0.3) is 0 Å². The minimum atomic E-state index is -1.71. The van der Waals surface area contributed by atoms with Crippen LogP contribution in [0.3, 0.4) is 0 Å². The first-order chi connectivity index (χ1) is 14.4. The van der Waals surface area contributed by atoms with Crippen LogP contribution in [0, 0.1) is 0 Å². The third-order valence-corrected chi connectivity index (χ3v) is 5.22. The van der Waals surface area contributed by atoms with Gasteiger partial charge in [-0.1, -0.05) is 30.3 Å². The zero-order valence-corrected chi connectivity index (χ0v) is 16.0. The standard InChI is InChI=1S/C19H28O11/c20-6-10-12(22)13(23)15(25)19(28-10)30-17-11(7-21)29-18(16(26)14(17)24)27-8-9-4-2-1-3-5-9/h1-5,10-26H,6-8H2/t10-,11-,12+,13+,14-,15-,16-,17-,18-,19-/m1/s1. The fourth-order valence-electron chi connectivity index (χ4n) is 3.45. The van der Waals surface area contributed by atoms with Crippen molar-refractivity contribution in [3.05, 3.63) is 35.9 Å². The Morgan fingerprint density at radius 3 is 1.93 bits per heavy atom. The summed E-state index contributed by atoms with van der Waals surface area (Å²) in [6.45, 7) is -1.18. The summed E-state index contributed by atoms with van der Waals surface area (Å²) in [6.07, 6.45) is -14.7. The highest BCUT2D eigenvalue weighted by Crippen LogP contribution is 2.29. The molecule has 170 valence electrons. The molecule has 0 saturated carbocycles. The zero-order valence-electron chi connectivity index (χ0n) is 16.0. The van der Waals surface area contributed by atoms with E-state index in [-0.39, 0.29) is 6.61 Å². The van der Waals surface area contributed by atoms with Crippen LogP contribution in [-0.2, 0) is 25.6 Å². The van der Waals surface area contributed by atoms with Crippen molar-refractivity contribution in [2.75, 3.05) is 13.2 Å². The van der Waals surface area contributed by atoms with Gasteiger partial charge in [0.25, 0.3) is 0 Å². The molecule has 2 fully saturated rings. The van der Waals surface area contributed by atoms with Crippen LogP contribution >= 0.6 is 0 Å². The van der Waals surface area contributed by atoms with E-state index in [2.05, 4.69) is 0 Å². The highest BCUT2D eigenvalue weighted by atomic mass is 16.7. The molecular formula is C19H28O11. The Bertz CT molecular complexity index is 643. The molecule has 0 spiro atoms. The molecule has 2 aliphatic rings. The van der Waals surface area contributed by atoms with Gasteiger partial charge in [0.1, 0.15) is 48.8 Å². The largest absolute Gasteiger partial charge is 0.394 e. The molecule has 0 aliphatic carbocycles. The van der Waals surface area contributed by atoms with E-state index in [0.29, 0.717) is 0 Å². The molecule has 3 rings (SSSR count). The smallest absolute Gasteiger partial charge is 0.187 e. The van der Waals surface area contributed by atoms with Gasteiger partial charge in [0.05, 0.1) is 19.8 Å². The monoisotopic (exact) mass is 432 g/mol. The van der Waals surface area contributed by atoms with Crippen LogP contribution < -0.4 is 0 Å². The van der Waals surface area contributed by atoms with Crippen LogP contribution in [0.15, 0.2) is 30.3 Å². The lowest BCUT2D eigenvalue weighted by molar-refractivity contribution is -0.360. The van der Waals surface area contributed by atoms with Crippen molar-refractivity contribution < 1.29 is 54.7 Å². The summed E-state index contributed by atoms with van der Waals surface area (Å²) in [5.41, 5.74) is 0.808. The fraction of sp³-hybridized carbons (Fsp3) is 0.684.